The van der Waals surface area contributed by atoms with Gasteiger partial charge in [0.1, 0.15) is 50.4 Å². The first kappa shape index (κ1) is 34.1. The number of thiophene rings is 1. The minimum Gasteiger partial charge on any atom is -0.455 e. The molecular formula is C50H25B5OS. The Morgan fingerprint density at radius 1 is 0.351 bits per heavy atom. The molecule has 0 atom stereocenters. The smallest absolute Gasteiger partial charge is 0.143 e. The summed E-state index contributed by atoms with van der Waals surface area (Å²) in [6.07, 6.45) is 0. The Bertz CT molecular complexity index is 3400. The molecule has 0 N–H and O–H groups in total. The van der Waals surface area contributed by atoms with Crippen LogP contribution in [0.4, 0.5) is 0 Å². The largest absolute Gasteiger partial charge is 0.455 e. The van der Waals surface area contributed by atoms with Crippen molar-refractivity contribution in [2.45, 2.75) is 0 Å². The summed E-state index contributed by atoms with van der Waals surface area (Å²) in [7, 11) is 32.7. The van der Waals surface area contributed by atoms with Gasteiger partial charge in [0.2, 0.25) is 0 Å². The van der Waals surface area contributed by atoms with E-state index in [9.17, 15) is 0 Å². The summed E-state index contributed by atoms with van der Waals surface area (Å²) in [4.78, 5) is 0. The predicted octanol–water partition coefficient (Wildman–Crippen LogP) is 8.90. The Balaban J connectivity index is 1.22. The van der Waals surface area contributed by atoms with E-state index in [-0.39, 0.29) is 16.4 Å². The van der Waals surface area contributed by atoms with Gasteiger partial charge < -0.3 is 4.42 Å². The van der Waals surface area contributed by atoms with Crippen LogP contribution in [-0.2, 0) is 0 Å². The first-order valence-corrected chi connectivity index (χ1v) is 19.6. The lowest BCUT2D eigenvalue weighted by atomic mass is 9.59. The molecule has 0 saturated heterocycles. The van der Waals surface area contributed by atoms with Crippen molar-refractivity contribution in [1.29, 1.82) is 0 Å². The minimum atomic E-state index is 0.195. The molecule has 11 aromatic rings. The van der Waals surface area contributed by atoms with E-state index in [2.05, 4.69) is 127 Å². The van der Waals surface area contributed by atoms with Crippen LogP contribution in [0.5, 0.6) is 0 Å². The standard InChI is InChI=1S/C50H25B5OS/c51-45-44(46(52)48(54)49(55)47(45)53)42-31-16-3-1-14-29(31)40(30-15-2-4-17-32(30)42)26-11-9-12-27(25-26)41-33(23-24-39-43(41)36-18-6-8-22-38(36)57-39)35-20-10-19-34-28-13-5-7-21-37(28)56-50(34)35/h1-25H. The van der Waals surface area contributed by atoms with Gasteiger partial charge >= 0.3 is 0 Å². The maximum Gasteiger partial charge on any atom is 0.143 e. The lowest BCUT2D eigenvalue weighted by Crippen LogP contribution is -2.55. The molecule has 0 bridgehead atoms. The van der Waals surface area contributed by atoms with E-state index in [0.717, 1.165) is 76.9 Å². The van der Waals surface area contributed by atoms with Crippen molar-refractivity contribution < 1.29 is 4.42 Å². The molecule has 0 amide bonds. The quantitative estimate of drug-likeness (QED) is 0.131. The molecule has 2 heterocycles. The molecule has 0 fully saturated rings. The fourth-order valence-corrected chi connectivity index (χ4v) is 10.1. The Morgan fingerprint density at radius 2 is 0.877 bits per heavy atom. The molecule has 2 aromatic heterocycles. The van der Waals surface area contributed by atoms with Gasteiger partial charge in [-0.1, -0.05) is 138 Å². The molecule has 10 radical (unpaired) electrons. The molecule has 57 heavy (non-hydrogen) atoms. The van der Waals surface area contributed by atoms with Crippen molar-refractivity contribution in [3.05, 3.63) is 152 Å². The van der Waals surface area contributed by atoms with E-state index in [0.29, 0.717) is 16.5 Å². The summed E-state index contributed by atoms with van der Waals surface area (Å²) in [5.74, 6) is 0. The van der Waals surface area contributed by atoms with Crippen molar-refractivity contribution in [3.63, 3.8) is 0 Å². The molecule has 7 heteroatoms. The molecule has 9 aromatic carbocycles. The summed E-state index contributed by atoms with van der Waals surface area (Å²) >= 11 is 1.82. The lowest BCUT2D eigenvalue weighted by molar-refractivity contribution is 0.670. The van der Waals surface area contributed by atoms with Crippen molar-refractivity contribution in [2.24, 2.45) is 0 Å². The molecule has 1 nitrogen and oxygen atoms in total. The van der Waals surface area contributed by atoms with Gasteiger partial charge in [-0.25, -0.2) is 0 Å². The zero-order valence-corrected chi connectivity index (χ0v) is 31.5. The summed E-state index contributed by atoms with van der Waals surface area (Å²) in [6.45, 7) is 0. The average Bonchev–Trinajstić information content (AvgIpc) is 3.83. The number of furan rings is 1. The average molecular weight is 728 g/mol. The number of fused-ring (bicyclic) bond motifs is 8. The summed E-state index contributed by atoms with van der Waals surface area (Å²) in [6, 6.07) is 53.6. The molecule has 0 aliphatic heterocycles. The van der Waals surface area contributed by atoms with Gasteiger partial charge in [-0.05, 0) is 84.8 Å². The van der Waals surface area contributed by atoms with Crippen molar-refractivity contribution in [2.75, 3.05) is 0 Å². The molecule has 0 unspecified atom stereocenters. The number of benzene rings is 9. The van der Waals surface area contributed by atoms with Crippen LogP contribution in [0, 0.1) is 0 Å². The van der Waals surface area contributed by atoms with Gasteiger partial charge in [0.15, 0.2) is 0 Å². The first-order chi connectivity index (χ1) is 27.9. The maximum atomic E-state index is 6.75. The Labute approximate surface area is 340 Å². The molecule has 0 aliphatic carbocycles. The molecule has 252 valence electrons. The normalized spacial score (nSPS) is 11.9. The highest BCUT2D eigenvalue weighted by Crippen LogP contribution is 2.49. The van der Waals surface area contributed by atoms with Crippen LogP contribution in [0.1, 0.15) is 0 Å². The SMILES string of the molecule is [B]c1c([B])c([B])c(-c2c3ccccc3c(-c3cccc(-c4c(-c5cccc6c5oc5ccccc56)ccc5sc6ccccc6c45)c3)c3ccccc23)c([B])c1[B]. The van der Waals surface area contributed by atoms with E-state index in [1.165, 1.54) is 25.7 Å². The van der Waals surface area contributed by atoms with Crippen molar-refractivity contribution >= 4 is 142 Å². The third-order valence-electron chi connectivity index (χ3n) is 11.6. The maximum absolute atomic E-state index is 6.75. The van der Waals surface area contributed by atoms with Crippen LogP contribution in [0.2, 0.25) is 0 Å². The predicted molar refractivity (Wildman–Crippen MR) is 250 cm³/mol. The molecular weight excluding hydrogens is 703 g/mol. The van der Waals surface area contributed by atoms with Gasteiger partial charge in [-0.3, -0.25) is 0 Å². The number of hydrogen-bond donors (Lipinski definition) is 0. The van der Waals surface area contributed by atoms with E-state index < -0.39 is 0 Å². The van der Waals surface area contributed by atoms with E-state index in [1.807, 2.05) is 35.6 Å². The number of para-hydroxylation sites is 2. The van der Waals surface area contributed by atoms with Gasteiger partial charge in [0, 0.05) is 36.5 Å². The van der Waals surface area contributed by atoms with Crippen molar-refractivity contribution in [1.82, 2.24) is 0 Å². The minimum absolute atomic E-state index is 0.195. The summed E-state index contributed by atoms with van der Waals surface area (Å²) in [5.41, 5.74) is 11.1. The number of rotatable bonds is 4. The highest BCUT2D eigenvalue weighted by molar-refractivity contribution is 7.26. The third-order valence-corrected chi connectivity index (χ3v) is 12.7. The van der Waals surface area contributed by atoms with Crippen LogP contribution in [0.3, 0.4) is 0 Å². The Kier molecular flexibility index (Phi) is 7.75. The first-order valence-electron chi connectivity index (χ1n) is 18.8. The van der Waals surface area contributed by atoms with Gasteiger partial charge in [0.25, 0.3) is 0 Å². The molecule has 0 spiro atoms. The fourth-order valence-electron chi connectivity index (χ4n) is 8.96. The van der Waals surface area contributed by atoms with E-state index in [1.54, 1.807) is 0 Å². The van der Waals surface area contributed by atoms with E-state index in [4.69, 9.17) is 43.6 Å². The van der Waals surface area contributed by atoms with Gasteiger partial charge in [-0.15, -0.1) is 27.7 Å². The van der Waals surface area contributed by atoms with Gasteiger partial charge in [-0.2, -0.15) is 0 Å². The molecule has 0 aliphatic rings. The topological polar surface area (TPSA) is 13.1 Å². The molecule has 11 rings (SSSR count). The fraction of sp³-hybridized carbons (Fsp3) is 0. The van der Waals surface area contributed by atoms with Crippen LogP contribution < -0.4 is 27.3 Å². The lowest BCUT2D eigenvalue weighted by Gasteiger charge is -2.25. The van der Waals surface area contributed by atoms with Crippen LogP contribution in [0.25, 0.3) is 108 Å². The zero-order valence-electron chi connectivity index (χ0n) is 30.6. The second kappa shape index (κ2) is 12.9. The van der Waals surface area contributed by atoms with Crippen LogP contribution >= 0.6 is 11.3 Å². The van der Waals surface area contributed by atoms with Crippen LogP contribution in [0.15, 0.2) is 156 Å². The van der Waals surface area contributed by atoms with E-state index >= 15 is 0 Å². The Hall–Kier alpha value is -6.16. The highest BCUT2D eigenvalue weighted by atomic mass is 32.1. The second-order valence-corrected chi connectivity index (χ2v) is 15.7. The zero-order chi connectivity index (χ0) is 38.5. The molecule has 0 saturated carbocycles. The highest BCUT2D eigenvalue weighted by Gasteiger charge is 2.23. The van der Waals surface area contributed by atoms with Crippen LogP contribution in [-0.4, -0.2) is 39.2 Å². The summed E-state index contributed by atoms with van der Waals surface area (Å²) in [5, 5.41) is 8.70. The number of hydrogen-bond acceptors (Lipinski definition) is 2. The summed E-state index contributed by atoms with van der Waals surface area (Å²) < 4.78 is 9.13. The third kappa shape index (κ3) is 5.01. The van der Waals surface area contributed by atoms with Crippen molar-refractivity contribution in [3.8, 4) is 44.5 Å². The second-order valence-electron chi connectivity index (χ2n) is 14.6. The Morgan fingerprint density at radius 3 is 1.56 bits per heavy atom. The monoisotopic (exact) mass is 728 g/mol. The van der Waals surface area contributed by atoms with Gasteiger partial charge in [0.05, 0.1) is 0 Å².